The van der Waals surface area contributed by atoms with Crippen LogP contribution in [-0.2, 0) is 16.1 Å². The number of nitrogens with zero attached hydrogens (tertiary/aromatic N) is 3. The van der Waals surface area contributed by atoms with Crippen LogP contribution in [0, 0.1) is 6.92 Å². The maximum Gasteiger partial charge on any atom is 0.358 e. The monoisotopic (exact) mass is 438 g/mol. The Kier molecular flexibility index (Phi) is 6.04. The van der Waals surface area contributed by atoms with Gasteiger partial charge in [0, 0.05) is 17.8 Å². The third-order valence-corrected chi connectivity index (χ3v) is 6.52. The summed E-state index contributed by atoms with van der Waals surface area (Å²) in [6.07, 6.45) is 6.44. The van der Waals surface area contributed by atoms with Crippen LogP contribution < -0.4 is 10.2 Å². The van der Waals surface area contributed by atoms with Gasteiger partial charge in [0.1, 0.15) is 11.2 Å². The van der Waals surface area contributed by atoms with E-state index in [-0.39, 0.29) is 35.8 Å². The van der Waals surface area contributed by atoms with Gasteiger partial charge in [0.15, 0.2) is 5.69 Å². The summed E-state index contributed by atoms with van der Waals surface area (Å²) in [6.45, 7) is 3.87. The number of rotatable bonds is 4. The summed E-state index contributed by atoms with van der Waals surface area (Å²) >= 11 is 0. The number of carbonyl (C=O) groups excluding carboxylic acids is 3. The van der Waals surface area contributed by atoms with Crippen LogP contribution in [0.5, 0.6) is 0 Å². The van der Waals surface area contributed by atoms with Gasteiger partial charge in [-0.2, -0.15) is 5.10 Å². The van der Waals surface area contributed by atoms with E-state index in [2.05, 4.69) is 10.4 Å². The third kappa shape index (κ3) is 4.01. The van der Waals surface area contributed by atoms with Crippen LogP contribution >= 0.6 is 0 Å². The summed E-state index contributed by atoms with van der Waals surface area (Å²) in [5.41, 5.74) is 0.788. The molecular formula is C24H30N4O4. The summed E-state index contributed by atoms with van der Waals surface area (Å²) < 4.78 is 6.22. The maximum absolute atomic E-state index is 13.7. The molecule has 1 aromatic carbocycles. The van der Waals surface area contributed by atoms with Gasteiger partial charge in [0.25, 0.3) is 5.91 Å². The summed E-state index contributed by atoms with van der Waals surface area (Å²) in [5.74, 6) is -1.20. The summed E-state index contributed by atoms with van der Waals surface area (Å²) in [4.78, 5) is 40.8. The summed E-state index contributed by atoms with van der Waals surface area (Å²) in [6, 6.07) is 9.05. The van der Waals surface area contributed by atoms with Gasteiger partial charge in [-0.15, -0.1) is 0 Å². The van der Waals surface area contributed by atoms with Crippen molar-refractivity contribution < 1.29 is 19.1 Å². The lowest BCUT2D eigenvalue weighted by Crippen LogP contribution is -2.65. The molecule has 4 rings (SSSR count). The predicted molar refractivity (Wildman–Crippen MR) is 120 cm³/mol. The van der Waals surface area contributed by atoms with Crippen molar-refractivity contribution in [2.75, 3.05) is 12.0 Å². The molecule has 2 heterocycles. The second-order valence-electron chi connectivity index (χ2n) is 8.98. The third-order valence-electron chi connectivity index (χ3n) is 6.52. The quantitative estimate of drug-likeness (QED) is 0.584. The van der Waals surface area contributed by atoms with Crippen molar-refractivity contribution in [3.63, 3.8) is 0 Å². The Morgan fingerprint density at radius 3 is 2.41 bits per heavy atom. The van der Waals surface area contributed by atoms with E-state index in [0.717, 1.165) is 31.2 Å². The van der Waals surface area contributed by atoms with Gasteiger partial charge in [0.2, 0.25) is 5.91 Å². The highest BCUT2D eigenvalue weighted by molar-refractivity contribution is 6.12. The summed E-state index contributed by atoms with van der Waals surface area (Å²) in [7, 11) is 1.27. The number of ether oxygens (including phenoxy) is 1. The molecule has 1 saturated carbocycles. The van der Waals surface area contributed by atoms with E-state index < -0.39 is 11.5 Å². The molecule has 2 amide bonds. The number of carbonyl (C=O) groups is 3. The molecule has 1 fully saturated rings. The number of hydrogen-bond acceptors (Lipinski definition) is 5. The minimum atomic E-state index is -1.20. The zero-order valence-electron chi connectivity index (χ0n) is 18.9. The minimum Gasteiger partial charge on any atom is -0.464 e. The Morgan fingerprint density at radius 2 is 1.78 bits per heavy atom. The molecule has 170 valence electrons. The number of esters is 1. The fourth-order valence-electron chi connectivity index (χ4n) is 4.65. The van der Waals surface area contributed by atoms with Crippen molar-refractivity contribution in [3.05, 3.63) is 47.3 Å². The Bertz CT molecular complexity index is 1020. The van der Waals surface area contributed by atoms with Crippen LogP contribution in [0.1, 0.15) is 72.0 Å². The molecule has 0 saturated heterocycles. The Balaban J connectivity index is 1.73. The highest BCUT2D eigenvalue weighted by Gasteiger charge is 2.49. The number of amides is 2. The molecule has 0 spiro atoms. The van der Waals surface area contributed by atoms with Gasteiger partial charge in [-0.05, 0) is 38.8 Å². The summed E-state index contributed by atoms with van der Waals surface area (Å²) in [5, 5.41) is 7.48. The second-order valence-corrected chi connectivity index (χ2v) is 8.98. The topological polar surface area (TPSA) is 93.5 Å². The number of benzene rings is 1. The standard InChI is InChI=1S/C24H30N4O4/c1-16-10-12-18(13-11-16)28-21(29)20-14-19(22(30)32-3)26-27(20)15-24(28,2)23(31)25-17-8-6-4-5-7-9-17/h10-14,17H,4-9,15H2,1-3H3,(H,25,31)/t24-/m1/s1. The fraction of sp³-hybridized carbons (Fsp3) is 0.500. The number of anilines is 1. The van der Waals surface area contributed by atoms with Crippen LogP contribution in [0.2, 0.25) is 0 Å². The number of aryl methyl sites for hydroxylation is 1. The number of nitrogens with one attached hydrogen (secondary N) is 1. The number of aromatic nitrogens is 2. The van der Waals surface area contributed by atoms with Gasteiger partial charge in [-0.3, -0.25) is 19.2 Å². The maximum atomic E-state index is 13.7. The molecule has 1 N–H and O–H groups in total. The first kappa shape index (κ1) is 22.0. The molecule has 32 heavy (non-hydrogen) atoms. The van der Waals surface area contributed by atoms with Crippen LogP contribution in [0.15, 0.2) is 30.3 Å². The molecule has 1 aliphatic carbocycles. The van der Waals surface area contributed by atoms with E-state index in [9.17, 15) is 14.4 Å². The largest absolute Gasteiger partial charge is 0.464 e. The smallest absolute Gasteiger partial charge is 0.358 e. The predicted octanol–water partition coefficient (Wildman–Crippen LogP) is 3.24. The average Bonchev–Trinajstić information content (AvgIpc) is 3.03. The lowest BCUT2D eigenvalue weighted by atomic mass is 9.93. The molecule has 0 bridgehead atoms. The lowest BCUT2D eigenvalue weighted by molar-refractivity contribution is -0.127. The van der Waals surface area contributed by atoms with Gasteiger partial charge in [0.05, 0.1) is 13.7 Å². The van der Waals surface area contributed by atoms with Gasteiger partial charge < -0.3 is 10.1 Å². The number of hydrogen-bond donors (Lipinski definition) is 1. The van der Waals surface area contributed by atoms with E-state index in [1.165, 1.54) is 35.6 Å². The highest BCUT2D eigenvalue weighted by Crippen LogP contribution is 2.33. The molecule has 0 radical (unpaired) electrons. The molecule has 8 heteroatoms. The van der Waals surface area contributed by atoms with Crippen LogP contribution in [-0.4, -0.2) is 46.3 Å². The molecule has 8 nitrogen and oxygen atoms in total. The van der Waals surface area contributed by atoms with Crippen LogP contribution in [0.3, 0.4) is 0 Å². The van der Waals surface area contributed by atoms with E-state index in [1.54, 1.807) is 6.92 Å². The lowest BCUT2D eigenvalue weighted by Gasteiger charge is -2.43. The molecule has 2 aromatic rings. The van der Waals surface area contributed by atoms with Crippen molar-refractivity contribution in [1.29, 1.82) is 0 Å². The second kappa shape index (κ2) is 8.76. The van der Waals surface area contributed by atoms with E-state index in [1.807, 2.05) is 31.2 Å². The van der Waals surface area contributed by atoms with E-state index in [0.29, 0.717) is 5.69 Å². The van der Waals surface area contributed by atoms with Crippen molar-refractivity contribution in [2.45, 2.75) is 70.5 Å². The molecule has 2 aliphatic rings. The first-order valence-corrected chi connectivity index (χ1v) is 11.2. The van der Waals surface area contributed by atoms with Gasteiger partial charge in [-0.1, -0.05) is 43.4 Å². The molecule has 1 aliphatic heterocycles. The number of fused-ring (bicyclic) bond motifs is 1. The van der Waals surface area contributed by atoms with Crippen molar-refractivity contribution in [3.8, 4) is 0 Å². The Hall–Kier alpha value is -3.16. The normalized spacial score (nSPS) is 21.6. The Labute approximate surface area is 187 Å². The van der Waals surface area contributed by atoms with Gasteiger partial charge in [-0.25, -0.2) is 4.79 Å². The molecular weight excluding hydrogens is 408 g/mol. The number of methoxy groups -OCH3 is 1. The molecule has 0 unspecified atom stereocenters. The van der Waals surface area contributed by atoms with Crippen molar-refractivity contribution in [1.82, 2.24) is 15.1 Å². The van der Waals surface area contributed by atoms with Gasteiger partial charge >= 0.3 is 5.97 Å². The van der Waals surface area contributed by atoms with E-state index >= 15 is 0 Å². The fourth-order valence-corrected chi connectivity index (χ4v) is 4.65. The molecule has 1 aromatic heterocycles. The van der Waals surface area contributed by atoms with Crippen molar-refractivity contribution in [2.24, 2.45) is 0 Å². The zero-order chi connectivity index (χ0) is 22.9. The Morgan fingerprint density at radius 1 is 1.12 bits per heavy atom. The molecule has 1 atom stereocenters. The first-order chi connectivity index (χ1) is 15.3. The zero-order valence-corrected chi connectivity index (χ0v) is 18.9. The van der Waals surface area contributed by atoms with E-state index in [4.69, 9.17) is 4.74 Å². The van der Waals surface area contributed by atoms with Crippen molar-refractivity contribution >= 4 is 23.5 Å². The van der Waals surface area contributed by atoms with Crippen LogP contribution in [0.4, 0.5) is 5.69 Å². The first-order valence-electron chi connectivity index (χ1n) is 11.2. The SMILES string of the molecule is COC(=O)c1cc2n(n1)C[C@](C)(C(=O)NC1CCCCCC1)N(c1ccc(C)cc1)C2=O. The highest BCUT2D eigenvalue weighted by atomic mass is 16.5. The average molecular weight is 439 g/mol. The minimum absolute atomic E-state index is 0.0492. The van der Waals surface area contributed by atoms with Crippen LogP contribution in [0.25, 0.3) is 0 Å².